The van der Waals surface area contributed by atoms with Gasteiger partial charge in [0.1, 0.15) is 0 Å². The van der Waals surface area contributed by atoms with E-state index in [1.807, 2.05) is 0 Å². The molecule has 2 N–H and O–H groups in total. The van der Waals surface area contributed by atoms with Gasteiger partial charge < -0.3 is 10.6 Å². The maximum atomic E-state index is 10.1. The van der Waals surface area contributed by atoms with Crippen LogP contribution in [0.2, 0.25) is 0 Å². The van der Waals surface area contributed by atoms with Crippen LogP contribution in [0.1, 0.15) is 32.1 Å². The Labute approximate surface area is 73.9 Å². The fraction of sp³-hybridized carbons (Fsp3) is 0.889. The largest absolute Gasteiger partial charge is 0.356 e. The van der Waals surface area contributed by atoms with Gasteiger partial charge in [0.25, 0.3) is 0 Å². The summed E-state index contributed by atoms with van der Waals surface area (Å²) < 4.78 is 0. The minimum absolute atomic E-state index is 0.204. The fourth-order valence-electron chi connectivity index (χ4n) is 1.37. The zero-order valence-corrected chi connectivity index (χ0v) is 7.57. The highest BCUT2D eigenvalue weighted by Gasteiger charge is 2.05. The molecule has 2 rings (SSSR count). The van der Waals surface area contributed by atoms with E-state index in [1.165, 1.54) is 32.4 Å². The lowest BCUT2D eigenvalue weighted by Gasteiger charge is -2.08. The van der Waals surface area contributed by atoms with Crippen LogP contribution >= 0.6 is 0 Å². The van der Waals surface area contributed by atoms with Crippen LogP contribution in [0.15, 0.2) is 0 Å². The smallest absolute Gasteiger partial charge is 0.220 e. The van der Waals surface area contributed by atoms with Crippen LogP contribution in [-0.4, -0.2) is 25.5 Å². The summed E-state index contributed by atoms with van der Waals surface area (Å²) in [6, 6.07) is 0. The maximum Gasteiger partial charge on any atom is 0.220 e. The van der Waals surface area contributed by atoms with E-state index < -0.39 is 0 Å². The van der Waals surface area contributed by atoms with Gasteiger partial charge in [-0.1, -0.05) is 6.42 Å². The van der Waals surface area contributed by atoms with Crippen molar-refractivity contribution in [2.45, 2.75) is 32.1 Å². The van der Waals surface area contributed by atoms with Crippen LogP contribution in [0, 0.1) is 0 Å². The maximum absolute atomic E-state index is 10.1. The van der Waals surface area contributed by atoms with Gasteiger partial charge in [0.05, 0.1) is 0 Å². The van der Waals surface area contributed by atoms with Gasteiger partial charge in [-0.25, -0.2) is 0 Å². The van der Waals surface area contributed by atoms with Crippen LogP contribution < -0.4 is 10.6 Å². The van der Waals surface area contributed by atoms with Gasteiger partial charge in [0.2, 0.25) is 5.91 Å². The summed E-state index contributed by atoms with van der Waals surface area (Å²) in [4.78, 5) is 10.1. The lowest BCUT2D eigenvalue weighted by Crippen LogP contribution is -2.21. The van der Waals surface area contributed by atoms with E-state index in [4.69, 9.17) is 0 Å². The van der Waals surface area contributed by atoms with Crippen molar-refractivity contribution >= 4 is 5.91 Å². The van der Waals surface area contributed by atoms with Gasteiger partial charge in [0.15, 0.2) is 0 Å². The quantitative estimate of drug-likeness (QED) is 0.560. The van der Waals surface area contributed by atoms with Crippen molar-refractivity contribution in [1.82, 2.24) is 10.6 Å². The number of rotatable bonds is 0. The number of carbonyl (C=O) groups is 1. The van der Waals surface area contributed by atoms with Crippen molar-refractivity contribution < 1.29 is 4.79 Å². The summed E-state index contributed by atoms with van der Waals surface area (Å²) in [5.74, 6) is 0.204. The van der Waals surface area contributed by atoms with Crippen molar-refractivity contribution in [3.05, 3.63) is 0 Å². The summed E-state index contributed by atoms with van der Waals surface area (Å²) >= 11 is 0. The SMILES string of the molecule is C1CCNCC1.O=C1CCCN1. The molecule has 0 aliphatic carbocycles. The van der Waals surface area contributed by atoms with Crippen LogP contribution in [0.5, 0.6) is 0 Å². The molecule has 1 amide bonds. The lowest BCUT2D eigenvalue weighted by molar-refractivity contribution is -0.119. The summed E-state index contributed by atoms with van der Waals surface area (Å²) in [6.45, 7) is 3.39. The third-order valence-corrected chi connectivity index (χ3v) is 2.11. The molecule has 0 spiro atoms. The summed E-state index contributed by atoms with van der Waals surface area (Å²) in [6.07, 6.45) is 5.98. The van der Waals surface area contributed by atoms with E-state index in [2.05, 4.69) is 10.6 Å². The van der Waals surface area contributed by atoms with E-state index >= 15 is 0 Å². The van der Waals surface area contributed by atoms with Gasteiger partial charge in [-0.15, -0.1) is 0 Å². The Bertz CT molecular complexity index is 113. The molecule has 12 heavy (non-hydrogen) atoms. The molecule has 0 unspecified atom stereocenters. The molecule has 0 aromatic rings. The molecule has 2 heterocycles. The molecule has 0 radical (unpaired) electrons. The number of carbonyl (C=O) groups excluding carboxylic acids is 1. The van der Waals surface area contributed by atoms with Gasteiger partial charge >= 0.3 is 0 Å². The van der Waals surface area contributed by atoms with Crippen molar-refractivity contribution in [1.29, 1.82) is 0 Å². The molecular weight excluding hydrogens is 152 g/mol. The Morgan fingerprint density at radius 1 is 0.917 bits per heavy atom. The number of piperidine rings is 1. The Morgan fingerprint density at radius 3 is 1.83 bits per heavy atom. The van der Waals surface area contributed by atoms with E-state index in [9.17, 15) is 4.79 Å². The first-order valence-electron chi connectivity index (χ1n) is 4.87. The van der Waals surface area contributed by atoms with Crippen LogP contribution in [0.4, 0.5) is 0 Å². The Morgan fingerprint density at radius 2 is 1.67 bits per heavy atom. The van der Waals surface area contributed by atoms with E-state index in [1.54, 1.807) is 0 Å². The third-order valence-electron chi connectivity index (χ3n) is 2.11. The monoisotopic (exact) mass is 170 g/mol. The van der Waals surface area contributed by atoms with Gasteiger partial charge in [-0.3, -0.25) is 4.79 Å². The van der Waals surface area contributed by atoms with E-state index in [0.29, 0.717) is 0 Å². The molecule has 2 aliphatic rings. The second-order valence-corrected chi connectivity index (χ2v) is 3.26. The highest BCUT2D eigenvalue weighted by Crippen LogP contribution is 1.96. The van der Waals surface area contributed by atoms with Gasteiger partial charge in [0, 0.05) is 13.0 Å². The second kappa shape index (κ2) is 6.00. The van der Waals surface area contributed by atoms with Crippen LogP contribution in [0.25, 0.3) is 0 Å². The van der Waals surface area contributed by atoms with Crippen LogP contribution in [0.3, 0.4) is 0 Å². The standard InChI is InChI=1S/C5H11N.C4H7NO/c1-2-4-6-5-3-1;6-4-2-1-3-5-4/h6H,1-5H2;1-3H2,(H,5,6). The average Bonchev–Trinajstić information content (AvgIpc) is 2.60. The van der Waals surface area contributed by atoms with Crippen LogP contribution in [-0.2, 0) is 4.79 Å². The Hall–Kier alpha value is -0.570. The molecule has 70 valence electrons. The molecule has 0 atom stereocenters. The number of nitrogens with one attached hydrogen (secondary N) is 2. The van der Waals surface area contributed by atoms with Gasteiger partial charge in [-0.05, 0) is 32.4 Å². The highest BCUT2D eigenvalue weighted by atomic mass is 16.1. The molecule has 0 saturated carbocycles. The molecule has 0 aromatic carbocycles. The van der Waals surface area contributed by atoms with E-state index in [0.717, 1.165) is 19.4 Å². The number of amides is 1. The van der Waals surface area contributed by atoms with Crippen molar-refractivity contribution in [2.75, 3.05) is 19.6 Å². The minimum Gasteiger partial charge on any atom is -0.356 e. The first-order chi connectivity index (χ1) is 5.89. The Balaban J connectivity index is 0.000000120. The molecule has 2 aliphatic heterocycles. The molecule has 2 fully saturated rings. The summed E-state index contributed by atoms with van der Waals surface area (Å²) in [5, 5.41) is 5.97. The lowest BCUT2D eigenvalue weighted by atomic mass is 10.2. The number of hydrogen-bond acceptors (Lipinski definition) is 2. The molecule has 3 nitrogen and oxygen atoms in total. The zero-order valence-electron chi connectivity index (χ0n) is 7.57. The average molecular weight is 170 g/mol. The first kappa shape index (κ1) is 9.52. The summed E-state index contributed by atoms with van der Waals surface area (Å²) in [5.41, 5.74) is 0. The molecule has 3 heteroatoms. The Kier molecular flexibility index (Phi) is 4.76. The predicted octanol–water partition coefficient (Wildman–Crippen LogP) is 0.656. The van der Waals surface area contributed by atoms with Crippen molar-refractivity contribution in [2.24, 2.45) is 0 Å². The zero-order chi connectivity index (χ0) is 8.65. The third kappa shape index (κ3) is 4.34. The minimum atomic E-state index is 0.204. The fourth-order valence-corrected chi connectivity index (χ4v) is 1.37. The summed E-state index contributed by atoms with van der Waals surface area (Å²) in [7, 11) is 0. The molecule has 2 saturated heterocycles. The van der Waals surface area contributed by atoms with Gasteiger partial charge in [-0.2, -0.15) is 0 Å². The molecule has 0 aromatic heterocycles. The molecule has 0 bridgehead atoms. The predicted molar refractivity (Wildman–Crippen MR) is 49.0 cm³/mol. The van der Waals surface area contributed by atoms with Crippen molar-refractivity contribution in [3.8, 4) is 0 Å². The highest BCUT2D eigenvalue weighted by molar-refractivity contribution is 5.77. The first-order valence-corrected chi connectivity index (χ1v) is 4.87. The second-order valence-electron chi connectivity index (χ2n) is 3.26. The number of hydrogen-bond donors (Lipinski definition) is 2. The normalized spacial score (nSPS) is 22.5. The van der Waals surface area contributed by atoms with Crippen molar-refractivity contribution in [3.63, 3.8) is 0 Å². The topological polar surface area (TPSA) is 41.1 Å². The van der Waals surface area contributed by atoms with E-state index in [-0.39, 0.29) is 5.91 Å². The molecular formula is C9H18N2O.